The average molecular weight is 400 g/mol. The van der Waals surface area contributed by atoms with Crippen LogP contribution in [0, 0.1) is 6.92 Å². The largest absolute Gasteiger partial charge is 0.348 e. The molecular formula is C20H22ClN5O2. The van der Waals surface area contributed by atoms with Crippen LogP contribution in [0.2, 0.25) is 5.02 Å². The number of nitrogens with zero attached hydrogens (tertiary/aromatic N) is 3. The van der Waals surface area contributed by atoms with Gasteiger partial charge in [0.2, 0.25) is 5.82 Å². The molecule has 0 bridgehead atoms. The van der Waals surface area contributed by atoms with E-state index in [9.17, 15) is 9.59 Å². The van der Waals surface area contributed by atoms with Crippen LogP contribution < -0.4 is 10.6 Å². The topological polar surface area (TPSA) is 78.7 Å². The van der Waals surface area contributed by atoms with Crippen molar-refractivity contribution in [1.82, 2.24) is 19.6 Å². The van der Waals surface area contributed by atoms with Crippen molar-refractivity contribution in [3.63, 3.8) is 0 Å². The minimum Gasteiger partial charge on any atom is -0.348 e. The first-order valence-electron chi connectivity index (χ1n) is 8.84. The van der Waals surface area contributed by atoms with Crippen LogP contribution in [0.1, 0.15) is 26.7 Å². The van der Waals surface area contributed by atoms with Crippen molar-refractivity contribution in [3.8, 4) is 0 Å². The first kappa shape index (κ1) is 19.9. The molecule has 3 rings (SSSR count). The van der Waals surface area contributed by atoms with Crippen LogP contribution in [0.3, 0.4) is 0 Å². The summed E-state index contributed by atoms with van der Waals surface area (Å²) < 4.78 is 1.62. The van der Waals surface area contributed by atoms with Gasteiger partial charge >= 0.3 is 0 Å². The van der Waals surface area contributed by atoms with E-state index < -0.39 is 5.91 Å². The Morgan fingerprint density at radius 3 is 2.71 bits per heavy atom. The van der Waals surface area contributed by atoms with E-state index in [0.29, 0.717) is 29.3 Å². The number of aromatic nitrogens is 2. The molecule has 28 heavy (non-hydrogen) atoms. The number of benzene rings is 1. The lowest BCUT2D eigenvalue weighted by Crippen LogP contribution is -2.32. The Bertz CT molecular complexity index is 1030. The monoisotopic (exact) mass is 399 g/mol. The van der Waals surface area contributed by atoms with Gasteiger partial charge in [0.25, 0.3) is 11.8 Å². The van der Waals surface area contributed by atoms with Crippen LogP contribution in [0.5, 0.6) is 0 Å². The first-order valence-corrected chi connectivity index (χ1v) is 9.22. The third kappa shape index (κ3) is 4.32. The summed E-state index contributed by atoms with van der Waals surface area (Å²) in [5, 5.41) is 6.18. The summed E-state index contributed by atoms with van der Waals surface area (Å²) in [6.45, 7) is 3.06. The third-order valence-corrected chi connectivity index (χ3v) is 4.49. The van der Waals surface area contributed by atoms with Gasteiger partial charge < -0.3 is 15.5 Å². The van der Waals surface area contributed by atoms with Crippen LogP contribution in [-0.4, -0.2) is 53.3 Å². The number of anilines is 1. The summed E-state index contributed by atoms with van der Waals surface area (Å²) in [6, 6.07) is 10.6. The fourth-order valence-electron chi connectivity index (χ4n) is 2.75. The van der Waals surface area contributed by atoms with Gasteiger partial charge in [-0.3, -0.25) is 14.0 Å². The van der Waals surface area contributed by atoms with Gasteiger partial charge in [-0.25, -0.2) is 4.98 Å². The van der Waals surface area contributed by atoms with E-state index in [1.807, 2.05) is 32.0 Å². The molecule has 1 aromatic carbocycles. The average Bonchev–Trinajstić information content (AvgIpc) is 3.04. The number of fused-ring (bicyclic) bond motifs is 1. The number of amides is 2. The zero-order valence-electron chi connectivity index (χ0n) is 16.0. The molecular weight excluding hydrogens is 378 g/mol. The van der Waals surface area contributed by atoms with Crippen molar-refractivity contribution in [1.29, 1.82) is 0 Å². The number of imidazole rings is 1. The molecule has 2 N–H and O–H groups in total. The lowest BCUT2D eigenvalue weighted by molar-refractivity contribution is 0.0940. The van der Waals surface area contributed by atoms with Gasteiger partial charge in [0, 0.05) is 30.0 Å². The molecule has 0 radical (unpaired) electrons. The van der Waals surface area contributed by atoms with Crippen LogP contribution in [0.25, 0.3) is 5.52 Å². The molecule has 0 fully saturated rings. The maximum absolute atomic E-state index is 12.9. The molecule has 0 spiro atoms. The molecule has 7 nitrogen and oxygen atoms in total. The van der Waals surface area contributed by atoms with Gasteiger partial charge in [-0.1, -0.05) is 23.7 Å². The number of hydrogen-bond acceptors (Lipinski definition) is 4. The highest BCUT2D eigenvalue weighted by molar-refractivity contribution is 6.31. The van der Waals surface area contributed by atoms with E-state index in [0.717, 1.165) is 5.56 Å². The second kappa shape index (κ2) is 8.41. The molecule has 0 unspecified atom stereocenters. The Balaban J connectivity index is 1.90. The predicted octanol–water partition coefficient (Wildman–Crippen LogP) is 2.84. The first-order chi connectivity index (χ1) is 13.4. The molecule has 146 valence electrons. The number of carbonyl (C=O) groups excluding carboxylic acids is 2. The fourth-order valence-corrected chi connectivity index (χ4v) is 2.92. The Kier molecular flexibility index (Phi) is 5.96. The Morgan fingerprint density at radius 1 is 1.18 bits per heavy atom. The van der Waals surface area contributed by atoms with Crippen LogP contribution in [0.4, 0.5) is 5.69 Å². The van der Waals surface area contributed by atoms with E-state index in [-0.39, 0.29) is 17.4 Å². The zero-order valence-corrected chi connectivity index (χ0v) is 16.7. The standard InChI is InChI=1S/C20H22ClN5O2/c1-13-7-8-14(21)12-15(13)23-19(27)17-16-6-4-5-10-26(16)18(24-17)20(28)22-9-11-25(2)3/h4-8,10,12H,9,11H2,1-3H3,(H,22,28)(H,23,27). The molecule has 0 saturated carbocycles. The molecule has 0 aliphatic carbocycles. The second-order valence-electron chi connectivity index (χ2n) is 6.71. The number of halogens is 1. The van der Waals surface area contributed by atoms with E-state index in [1.54, 1.807) is 40.9 Å². The molecule has 8 heteroatoms. The van der Waals surface area contributed by atoms with Crippen molar-refractivity contribution in [2.75, 3.05) is 32.5 Å². The molecule has 3 aromatic rings. The number of aryl methyl sites for hydroxylation is 1. The second-order valence-corrected chi connectivity index (χ2v) is 7.15. The van der Waals surface area contributed by atoms with Crippen LogP contribution in [0.15, 0.2) is 42.6 Å². The highest BCUT2D eigenvalue weighted by Gasteiger charge is 2.21. The maximum Gasteiger partial charge on any atom is 0.287 e. The summed E-state index contributed by atoms with van der Waals surface area (Å²) in [7, 11) is 3.86. The lowest BCUT2D eigenvalue weighted by Gasteiger charge is -2.09. The lowest BCUT2D eigenvalue weighted by atomic mass is 10.2. The van der Waals surface area contributed by atoms with Crippen molar-refractivity contribution in [2.45, 2.75) is 6.92 Å². The fraction of sp³-hybridized carbons (Fsp3) is 0.250. The van der Waals surface area contributed by atoms with E-state index in [1.165, 1.54) is 0 Å². The van der Waals surface area contributed by atoms with Gasteiger partial charge in [0.15, 0.2) is 5.69 Å². The third-order valence-electron chi connectivity index (χ3n) is 4.26. The van der Waals surface area contributed by atoms with Crippen molar-refractivity contribution >= 4 is 34.6 Å². The summed E-state index contributed by atoms with van der Waals surface area (Å²) in [6.07, 6.45) is 1.71. The van der Waals surface area contributed by atoms with Gasteiger partial charge in [0.05, 0.1) is 5.52 Å². The molecule has 2 heterocycles. The van der Waals surface area contributed by atoms with Crippen molar-refractivity contribution in [2.24, 2.45) is 0 Å². The number of rotatable bonds is 6. The van der Waals surface area contributed by atoms with Gasteiger partial charge in [-0.15, -0.1) is 0 Å². The Hall–Kier alpha value is -2.90. The smallest absolute Gasteiger partial charge is 0.287 e. The van der Waals surface area contributed by atoms with Crippen molar-refractivity contribution < 1.29 is 9.59 Å². The SMILES string of the molecule is Cc1ccc(Cl)cc1NC(=O)c1nc(C(=O)NCCN(C)C)n2ccccc12. The highest BCUT2D eigenvalue weighted by atomic mass is 35.5. The van der Waals surface area contributed by atoms with E-state index in [4.69, 9.17) is 11.6 Å². The highest BCUT2D eigenvalue weighted by Crippen LogP contribution is 2.22. The summed E-state index contributed by atoms with van der Waals surface area (Å²) in [5.74, 6) is -0.565. The molecule has 0 aliphatic rings. The molecule has 0 saturated heterocycles. The summed E-state index contributed by atoms with van der Waals surface area (Å²) >= 11 is 6.03. The Labute approximate surface area is 168 Å². The Morgan fingerprint density at radius 2 is 1.96 bits per heavy atom. The molecule has 2 amide bonds. The number of hydrogen-bond donors (Lipinski definition) is 2. The zero-order chi connectivity index (χ0) is 20.3. The normalized spacial score (nSPS) is 11.0. The predicted molar refractivity (Wildman–Crippen MR) is 110 cm³/mol. The number of pyridine rings is 1. The van der Waals surface area contributed by atoms with Gasteiger partial charge in [-0.2, -0.15) is 0 Å². The van der Waals surface area contributed by atoms with Crippen LogP contribution in [-0.2, 0) is 0 Å². The maximum atomic E-state index is 12.9. The van der Waals surface area contributed by atoms with Gasteiger partial charge in [0.1, 0.15) is 0 Å². The number of carbonyl (C=O) groups is 2. The van der Waals surface area contributed by atoms with E-state index >= 15 is 0 Å². The van der Waals surface area contributed by atoms with Crippen molar-refractivity contribution in [3.05, 3.63) is 64.7 Å². The minimum absolute atomic E-state index is 0.169. The molecule has 0 atom stereocenters. The number of nitrogens with one attached hydrogen (secondary N) is 2. The molecule has 0 aliphatic heterocycles. The minimum atomic E-state index is -0.401. The van der Waals surface area contributed by atoms with Crippen LogP contribution >= 0.6 is 11.6 Å². The summed E-state index contributed by atoms with van der Waals surface area (Å²) in [4.78, 5) is 31.7. The van der Waals surface area contributed by atoms with E-state index in [2.05, 4.69) is 15.6 Å². The summed E-state index contributed by atoms with van der Waals surface area (Å²) in [5.41, 5.74) is 2.21. The van der Waals surface area contributed by atoms with Gasteiger partial charge in [-0.05, 0) is 50.8 Å². The quantitative estimate of drug-likeness (QED) is 0.668. The molecule has 2 aromatic heterocycles. The number of likely N-dealkylation sites (N-methyl/N-ethyl adjacent to an activating group) is 1.